The highest BCUT2D eigenvalue weighted by molar-refractivity contribution is 5.99. The van der Waals surface area contributed by atoms with Gasteiger partial charge in [-0.3, -0.25) is 24.7 Å². The van der Waals surface area contributed by atoms with Crippen molar-refractivity contribution in [1.29, 1.82) is 0 Å². The molecule has 1 aliphatic rings. The summed E-state index contributed by atoms with van der Waals surface area (Å²) in [5, 5.41) is 18.2. The number of pyridine rings is 1. The number of aromatic nitrogens is 2. The van der Waals surface area contributed by atoms with Crippen LogP contribution in [-0.4, -0.2) is 38.8 Å². The average Bonchev–Trinajstić information content (AvgIpc) is 3.39. The van der Waals surface area contributed by atoms with E-state index in [1.54, 1.807) is 13.1 Å². The summed E-state index contributed by atoms with van der Waals surface area (Å²) in [6.07, 6.45) is 9.05. The van der Waals surface area contributed by atoms with E-state index in [1.165, 1.54) is 24.3 Å². The molecule has 4 aromatic rings. The molecule has 0 aliphatic heterocycles. The van der Waals surface area contributed by atoms with Crippen LogP contribution in [0.15, 0.2) is 79.1 Å². The van der Waals surface area contributed by atoms with Crippen LogP contribution in [0.4, 0.5) is 5.69 Å². The Morgan fingerprint density at radius 1 is 1.02 bits per heavy atom. The number of hydrogen-bond acceptors (Lipinski definition) is 5. The normalized spacial score (nSPS) is 16.1. The van der Waals surface area contributed by atoms with Crippen molar-refractivity contribution in [2.45, 2.75) is 56.4 Å². The van der Waals surface area contributed by atoms with Gasteiger partial charge in [-0.15, -0.1) is 0 Å². The lowest BCUT2D eigenvalue weighted by Gasteiger charge is -2.38. The van der Waals surface area contributed by atoms with E-state index in [2.05, 4.69) is 20.6 Å². The van der Waals surface area contributed by atoms with Gasteiger partial charge in [-0.05, 0) is 55.7 Å². The molecule has 1 aliphatic carbocycles. The summed E-state index contributed by atoms with van der Waals surface area (Å²) in [4.78, 5) is 45.8. The van der Waals surface area contributed by atoms with Crippen LogP contribution in [0.25, 0.3) is 10.9 Å². The van der Waals surface area contributed by atoms with Crippen LogP contribution < -0.4 is 10.6 Å². The number of fused-ring (bicyclic) bond motifs is 1. The smallest absolute Gasteiger partial charge is 0.269 e. The van der Waals surface area contributed by atoms with Crippen LogP contribution in [0.3, 0.4) is 0 Å². The predicted octanol–water partition coefficient (Wildman–Crippen LogP) is 5.22. The van der Waals surface area contributed by atoms with E-state index < -0.39 is 16.4 Å². The van der Waals surface area contributed by atoms with Crippen LogP contribution in [0.1, 0.15) is 60.6 Å². The standard InChI is InChI=1S/C31H33N5O4/c1-30(19-23-20-33-26-10-4-3-9-25(23)26,35-28(37)22-12-14-24(15-13-22)36(39)40)29(38)34-21-31(16-6-2-7-17-31)27-11-5-8-18-32-27/h3-5,8-15,18,20,33H,2,6-7,16-17,19,21H2,1H3,(H,34,38)(H,35,37)/t30-/m0/s1. The van der Waals surface area contributed by atoms with Gasteiger partial charge < -0.3 is 15.6 Å². The Balaban J connectivity index is 1.42. The number of para-hydroxylation sites is 1. The lowest BCUT2D eigenvalue weighted by atomic mass is 9.71. The Morgan fingerprint density at radius 2 is 1.75 bits per heavy atom. The molecule has 9 heteroatoms. The summed E-state index contributed by atoms with van der Waals surface area (Å²) < 4.78 is 0. The van der Waals surface area contributed by atoms with E-state index >= 15 is 0 Å². The first kappa shape index (κ1) is 27.1. The fourth-order valence-electron chi connectivity index (χ4n) is 5.77. The monoisotopic (exact) mass is 539 g/mol. The number of nitrogens with zero attached hydrogens (tertiary/aromatic N) is 2. The van der Waals surface area contributed by atoms with Crippen LogP contribution in [0.5, 0.6) is 0 Å². The van der Waals surface area contributed by atoms with Crippen molar-refractivity contribution >= 4 is 28.4 Å². The van der Waals surface area contributed by atoms with Gasteiger partial charge in [0.1, 0.15) is 5.54 Å². The Morgan fingerprint density at radius 3 is 2.45 bits per heavy atom. The molecule has 1 saturated carbocycles. The van der Waals surface area contributed by atoms with Gasteiger partial charge in [-0.25, -0.2) is 0 Å². The molecule has 2 amide bonds. The Kier molecular flexibility index (Phi) is 7.64. The highest BCUT2D eigenvalue weighted by Crippen LogP contribution is 2.38. The number of amides is 2. The zero-order valence-electron chi connectivity index (χ0n) is 22.5. The number of rotatable bonds is 9. The van der Waals surface area contributed by atoms with Gasteiger partial charge in [0.25, 0.3) is 11.6 Å². The zero-order chi connectivity index (χ0) is 28.2. The number of non-ortho nitro benzene ring substituents is 1. The molecule has 206 valence electrons. The quantitative estimate of drug-likeness (QED) is 0.198. The second kappa shape index (κ2) is 11.3. The minimum atomic E-state index is -1.30. The molecule has 2 aromatic heterocycles. The molecule has 0 saturated heterocycles. The zero-order valence-corrected chi connectivity index (χ0v) is 22.5. The van der Waals surface area contributed by atoms with Crippen molar-refractivity contribution in [3.63, 3.8) is 0 Å². The Hall–Kier alpha value is -4.53. The molecular formula is C31H33N5O4. The van der Waals surface area contributed by atoms with E-state index in [4.69, 9.17) is 0 Å². The van der Waals surface area contributed by atoms with Gasteiger partial charge in [0, 0.05) is 65.1 Å². The van der Waals surface area contributed by atoms with E-state index in [0.29, 0.717) is 6.54 Å². The average molecular weight is 540 g/mol. The molecule has 40 heavy (non-hydrogen) atoms. The maximum absolute atomic E-state index is 14.0. The SMILES string of the molecule is C[C@@](Cc1c[nH]c2ccccc12)(NC(=O)c1ccc([N+](=O)[O-])cc1)C(=O)NCC1(c2ccccn2)CCCCC1. The summed E-state index contributed by atoms with van der Waals surface area (Å²) in [5.74, 6) is -0.779. The summed E-state index contributed by atoms with van der Waals surface area (Å²) in [5.41, 5.74) is 1.38. The Bertz CT molecular complexity index is 1510. The minimum Gasteiger partial charge on any atom is -0.361 e. The van der Waals surface area contributed by atoms with E-state index in [-0.39, 0.29) is 29.0 Å². The van der Waals surface area contributed by atoms with E-state index in [1.807, 2.05) is 48.7 Å². The van der Waals surface area contributed by atoms with Gasteiger partial charge in [0.15, 0.2) is 0 Å². The number of carbonyl (C=O) groups excluding carboxylic acids is 2. The first-order valence-electron chi connectivity index (χ1n) is 13.6. The number of carbonyl (C=O) groups is 2. The number of hydrogen-bond donors (Lipinski definition) is 3. The summed E-state index contributed by atoms with van der Waals surface area (Å²) >= 11 is 0. The van der Waals surface area contributed by atoms with Crippen molar-refractivity contribution in [3.05, 3.63) is 106 Å². The topological polar surface area (TPSA) is 130 Å². The van der Waals surface area contributed by atoms with Gasteiger partial charge >= 0.3 is 0 Å². The maximum Gasteiger partial charge on any atom is 0.269 e. The van der Waals surface area contributed by atoms with Crippen LogP contribution in [0, 0.1) is 10.1 Å². The fraction of sp³-hybridized carbons (Fsp3) is 0.323. The minimum absolute atomic E-state index is 0.108. The third-order valence-corrected chi connectivity index (χ3v) is 8.06. The highest BCUT2D eigenvalue weighted by Gasteiger charge is 2.40. The molecule has 2 heterocycles. The van der Waals surface area contributed by atoms with E-state index in [0.717, 1.165) is 54.3 Å². The number of nitro groups is 1. The van der Waals surface area contributed by atoms with Crippen molar-refractivity contribution in [2.75, 3.05) is 6.54 Å². The highest BCUT2D eigenvalue weighted by atomic mass is 16.6. The number of aromatic amines is 1. The number of H-pyrrole nitrogens is 1. The molecule has 1 atom stereocenters. The second-order valence-electron chi connectivity index (χ2n) is 10.9. The van der Waals surface area contributed by atoms with E-state index in [9.17, 15) is 19.7 Å². The summed E-state index contributed by atoms with van der Waals surface area (Å²) in [6.45, 7) is 2.14. The summed E-state index contributed by atoms with van der Waals surface area (Å²) in [6, 6.07) is 19.1. The molecule has 9 nitrogen and oxygen atoms in total. The number of benzene rings is 2. The van der Waals surface area contributed by atoms with Crippen molar-refractivity contribution in [3.8, 4) is 0 Å². The third-order valence-electron chi connectivity index (χ3n) is 8.06. The third kappa shape index (κ3) is 5.59. The van der Waals surface area contributed by atoms with Crippen LogP contribution >= 0.6 is 0 Å². The van der Waals surface area contributed by atoms with Crippen molar-refractivity contribution in [1.82, 2.24) is 20.6 Å². The molecule has 3 N–H and O–H groups in total. The molecule has 2 aromatic carbocycles. The lowest BCUT2D eigenvalue weighted by Crippen LogP contribution is -2.59. The molecule has 0 spiro atoms. The predicted molar refractivity (Wildman–Crippen MR) is 153 cm³/mol. The lowest BCUT2D eigenvalue weighted by molar-refractivity contribution is -0.384. The molecule has 0 bridgehead atoms. The van der Waals surface area contributed by atoms with Gasteiger partial charge in [-0.1, -0.05) is 43.5 Å². The largest absolute Gasteiger partial charge is 0.361 e. The summed E-state index contributed by atoms with van der Waals surface area (Å²) in [7, 11) is 0. The molecule has 0 radical (unpaired) electrons. The maximum atomic E-state index is 14.0. The molecule has 0 unspecified atom stereocenters. The van der Waals surface area contributed by atoms with Gasteiger partial charge in [0.05, 0.1) is 4.92 Å². The first-order chi connectivity index (χ1) is 19.3. The van der Waals surface area contributed by atoms with Gasteiger partial charge in [0.2, 0.25) is 5.91 Å². The van der Waals surface area contributed by atoms with Crippen LogP contribution in [-0.2, 0) is 16.6 Å². The van der Waals surface area contributed by atoms with Crippen LogP contribution in [0.2, 0.25) is 0 Å². The number of nitro benzene ring substituents is 1. The fourth-order valence-corrected chi connectivity index (χ4v) is 5.77. The molecule has 5 rings (SSSR count). The second-order valence-corrected chi connectivity index (χ2v) is 10.9. The first-order valence-corrected chi connectivity index (χ1v) is 13.6. The van der Waals surface area contributed by atoms with Crippen molar-refractivity contribution in [2.24, 2.45) is 0 Å². The van der Waals surface area contributed by atoms with Gasteiger partial charge in [-0.2, -0.15) is 0 Å². The van der Waals surface area contributed by atoms with Crippen molar-refractivity contribution < 1.29 is 14.5 Å². The number of nitrogens with one attached hydrogen (secondary N) is 3. The molecular weight excluding hydrogens is 506 g/mol. The molecule has 1 fully saturated rings. The Labute approximate surface area is 232 Å².